The number of oxazole rings is 1. The molecule has 2 aromatic carbocycles. The summed E-state index contributed by atoms with van der Waals surface area (Å²) in [5.74, 6) is 2.18. The van der Waals surface area contributed by atoms with Crippen molar-refractivity contribution in [1.29, 1.82) is 0 Å². The quantitative estimate of drug-likeness (QED) is 0.709. The third kappa shape index (κ3) is 3.14. The topological polar surface area (TPSA) is 35.3 Å². The van der Waals surface area contributed by atoms with E-state index in [9.17, 15) is 0 Å². The summed E-state index contributed by atoms with van der Waals surface area (Å²) >= 11 is 0. The van der Waals surface area contributed by atoms with Gasteiger partial charge in [0.15, 0.2) is 0 Å². The van der Waals surface area contributed by atoms with Crippen LogP contribution in [-0.4, -0.2) is 4.98 Å². The lowest BCUT2D eigenvalue weighted by Crippen LogP contribution is -1.97. The first-order chi connectivity index (χ1) is 10.2. The molecule has 1 aromatic heterocycles. The Labute approximate surface area is 124 Å². The maximum absolute atomic E-state index is 5.74. The predicted octanol–water partition coefficient (Wildman–Crippen LogP) is 4.41. The van der Waals surface area contributed by atoms with Gasteiger partial charge in [-0.25, -0.2) is 4.98 Å². The van der Waals surface area contributed by atoms with Crippen LogP contribution in [0, 0.1) is 13.8 Å². The molecule has 0 spiro atoms. The second-order valence-corrected chi connectivity index (χ2v) is 4.82. The lowest BCUT2D eigenvalue weighted by molar-refractivity contribution is 0.299. The van der Waals surface area contributed by atoms with E-state index in [-0.39, 0.29) is 0 Å². The van der Waals surface area contributed by atoms with Crippen molar-refractivity contribution >= 4 is 0 Å². The largest absolute Gasteiger partial charge is 0.487 e. The Kier molecular flexibility index (Phi) is 3.73. The lowest BCUT2D eigenvalue weighted by atomic mass is 10.2. The second kappa shape index (κ2) is 5.83. The summed E-state index contributed by atoms with van der Waals surface area (Å²) in [7, 11) is 0. The van der Waals surface area contributed by atoms with Gasteiger partial charge in [-0.15, -0.1) is 0 Å². The van der Waals surface area contributed by atoms with Crippen molar-refractivity contribution < 1.29 is 9.15 Å². The highest BCUT2D eigenvalue weighted by Crippen LogP contribution is 2.22. The smallest absolute Gasteiger partial charge is 0.226 e. The fourth-order valence-corrected chi connectivity index (χ4v) is 2.05. The molecule has 3 heteroatoms. The van der Waals surface area contributed by atoms with E-state index >= 15 is 0 Å². The van der Waals surface area contributed by atoms with Gasteiger partial charge < -0.3 is 9.15 Å². The van der Waals surface area contributed by atoms with Gasteiger partial charge in [0.2, 0.25) is 5.89 Å². The third-order valence-corrected chi connectivity index (χ3v) is 3.19. The monoisotopic (exact) mass is 278 g/mol. The molecule has 3 aromatic rings. The van der Waals surface area contributed by atoms with Crippen molar-refractivity contribution in [1.82, 2.24) is 4.98 Å². The molecule has 3 nitrogen and oxygen atoms in total. The van der Waals surface area contributed by atoms with E-state index in [1.54, 1.807) is 0 Å². The molecule has 0 aliphatic heterocycles. The van der Waals surface area contributed by atoms with E-state index in [1.165, 1.54) is 0 Å². The maximum Gasteiger partial charge on any atom is 0.226 e. The normalized spacial score (nSPS) is 10.6. The number of aryl methyl sites for hydroxylation is 1. The Bertz CT molecular complexity index is 732. The summed E-state index contributed by atoms with van der Waals surface area (Å²) in [6.45, 7) is 6.16. The van der Waals surface area contributed by atoms with E-state index in [1.807, 2.05) is 61.5 Å². The second-order valence-electron chi connectivity index (χ2n) is 4.82. The molecule has 0 saturated carbocycles. The number of rotatable bonds is 4. The zero-order chi connectivity index (χ0) is 14.7. The molecule has 0 saturated heterocycles. The Balaban J connectivity index is 1.76. The number of aromatic nitrogens is 1. The van der Waals surface area contributed by atoms with Gasteiger partial charge in [-0.1, -0.05) is 30.3 Å². The molecule has 0 fully saturated rings. The summed E-state index contributed by atoms with van der Waals surface area (Å²) in [6.07, 6.45) is 0. The molecule has 0 bridgehead atoms. The van der Waals surface area contributed by atoms with Gasteiger partial charge in [0, 0.05) is 5.56 Å². The van der Waals surface area contributed by atoms with Gasteiger partial charge in [-0.2, -0.15) is 0 Å². The van der Waals surface area contributed by atoms with Crippen LogP contribution >= 0.6 is 0 Å². The molecule has 3 rings (SSSR count). The van der Waals surface area contributed by atoms with Crippen molar-refractivity contribution in [2.75, 3.05) is 0 Å². The highest BCUT2D eigenvalue weighted by Gasteiger charge is 2.11. The van der Waals surface area contributed by atoms with E-state index in [2.05, 4.69) is 11.9 Å². The molecule has 0 atom stereocenters. The Morgan fingerprint density at radius 3 is 2.67 bits per heavy atom. The zero-order valence-corrected chi connectivity index (χ0v) is 11.9. The highest BCUT2D eigenvalue weighted by molar-refractivity contribution is 5.53. The lowest BCUT2D eigenvalue weighted by Gasteiger charge is -2.04. The van der Waals surface area contributed by atoms with Gasteiger partial charge >= 0.3 is 0 Å². The van der Waals surface area contributed by atoms with Crippen LogP contribution in [0.3, 0.4) is 0 Å². The van der Waals surface area contributed by atoms with Gasteiger partial charge in [0.05, 0.1) is 0 Å². The molecule has 105 valence electrons. The number of hydrogen-bond donors (Lipinski definition) is 0. The fraction of sp³-hybridized carbons (Fsp3) is 0.111. The van der Waals surface area contributed by atoms with E-state index in [4.69, 9.17) is 9.15 Å². The molecule has 0 unspecified atom stereocenters. The Morgan fingerprint density at radius 1 is 1.10 bits per heavy atom. The van der Waals surface area contributed by atoms with Crippen LogP contribution in [0.2, 0.25) is 0 Å². The summed E-state index contributed by atoms with van der Waals surface area (Å²) in [5.41, 5.74) is 2.70. The van der Waals surface area contributed by atoms with Gasteiger partial charge in [-0.05, 0) is 43.7 Å². The van der Waals surface area contributed by atoms with Gasteiger partial charge in [0.25, 0.3) is 0 Å². The fourth-order valence-electron chi connectivity index (χ4n) is 2.05. The van der Waals surface area contributed by atoms with Crippen LogP contribution in [-0.2, 0) is 6.61 Å². The molecule has 1 radical (unpaired) electrons. The molecular formula is C18H16NO2. The van der Waals surface area contributed by atoms with Crippen LogP contribution in [0.25, 0.3) is 11.5 Å². The van der Waals surface area contributed by atoms with Crippen molar-refractivity contribution in [3.63, 3.8) is 0 Å². The van der Waals surface area contributed by atoms with Crippen LogP contribution in [0.1, 0.15) is 17.0 Å². The first-order valence-corrected chi connectivity index (χ1v) is 6.79. The Morgan fingerprint density at radius 2 is 1.90 bits per heavy atom. The number of nitrogens with zero attached hydrogens (tertiary/aromatic N) is 1. The minimum Gasteiger partial charge on any atom is -0.487 e. The summed E-state index contributed by atoms with van der Waals surface area (Å²) < 4.78 is 11.4. The van der Waals surface area contributed by atoms with Crippen LogP contribution in [0.4, 0.5) is 0 Å². The first kappa shape index (κ1) is 13.4. The predicted molar refractivity (Wildman–Crippen MR) is 81.9 cm³/mol. The van der Waals surface area contributed by atoms with Crippen molar-refractivity contribution in [3.8, 4) is 17.2 Å². The molecule has 21 heavy (non-hydrogen) atoms. The number of benzene rings is 2. The molecule has 1 heterocycles. The maximum atomic E-state index is 5.74. The van der Waals surface area contributed by atoms with E-state index in [0.717, 1.165) is 28.3 Å². The minimum atomic E-state index is 0.381. The first-order valence-electron chi connectivity index (χ1n) is 6.79. The van der Waals surface area contributed by atoms with Crippen molar-refractivity contribution in [3.05, 3.63) is 78.5 Å². The van der Waals surface area contributed by atoms with Crippen LogP contribution in [0.15, 0.2) is 59.0 Å². The third-order valence-electron chi connectivity index (χ3n) is 3.19. The standard InChI is InChI=1S/C18H16NO2/c1-13-7-6-10-16(11-13)20-12-17-14(2)21-18(19-17)15-8-4-3-5-9-15/h3-11H,1,12H2,2H3. The average molecular weight is 278 g/mol. The van der Waals surface area contributed by atoms with E-state index < -0.39 is 0 Å². The molecule has 0 aliphatic rings. The van der Waals surface area contributed by atoms with Gasteiger partial charge in [0.1, 0.15) is 23.8 Å². The summed E-state index contributed by atoms with van der Waals surface area (Å²) in [4.78, 5) is 4.51. The zero-order valence-electron chi connectivity index (χ0n) is 11.9. The molecule has 0 amide bonds. The minimum absolute atomic E-state index is 0.381. The summed E-state index contributed by atoms with van der Waals surface area (Å²) in [6, 6.07) is 17.5. The van der Waals surface area contributed by atoms with Crippen LogP contribution < -0.4 is 4.74 Å². The molecular weight excluding hydrogens is 262 g/mol. The van der Waals surface area contributed by atoms with Crippen LogP contribution in [0.5, 0.6) is 5.75 Å². The Hall–Kier alpha value is -2.55. The number of hydrogen-bond acceptors (Lipinski definition) is 3. The van der Waals surface area contributed by atoms with Crippen molar-refractivity contribution in [2.24, 2.45) is 0 Å². The average Bonchev–Trinajstić information content (AvgIpc) is 2.87. The SMILES string of the molecule is [CH2]c1cccc(OCc2nc(-c3ccccc3)oc2C)c1. The van der Waals surface area contributed by atoms with Gasteiger partial charge in [-0.3, -0.25) is 0 Å². The van der Waals surface area contributed by atoms with E-state index in [0.29, 0.717) is 12.5 Å². The highest BCUT2D eigenvalue weighted by atomic mass is 16.5. The molecule has 0 aliphatic carbocycles. The number of ether oxygens (including phenoxy) is 1. The summed E-state index contributed by atoms with van der Waals surface area (Å²) in [5, 5.41) is 0. The van der Waals surface area contributed by atoms with Crippen molar-refractivity contribution in [2.45, 2.75) is 13.5 Å². The molecule has 0 N–H and O–H groups in total.